The number of H-pyrrole nitrogens is 1. The molecule has 3 rings (SSSR count). The number of Topliss-reactive ketones (excluding diaryl/α,β-unsaturated/α-hetero) is 1. The lowest BCUT2D eigenvalue weighted by Crippen LogP contribution is -2.09. The van der Waals surface area contributed by atoms with E-state index in [1.165, 1.54) is 16.6 Å². The number of hydrogen-bond acceptors (Lipinski definition) is 1. The molecule has 0 saturated heterocycles. The molecule has 2 aromatic rings. The van der Waals surface area contributed by atoms with Crippen LogP contribution in [0.3, 0.4) is 0 Å². The highest BCUT2D eigenvalue weighted by molar-refractivity contribution is 9.10. The van der Waals surface area contributed by atoms with E-state index in [0.717, 1.165) is 35.7 Å². The van der Waals surface area contributed by atoms with Crippen molar-refractivity contribution in [1.82, 2.24) is 4.98 Å². The van der Waals surface area contributed by atoms with Gasteiger partial charge < -0.3 is 4.98 Å². The monoisotopic (exact) mass is 305 g/mol. The number of fused-ring (bicyclic) bond motifs is 1. The summed E-state index contributed by atoms with van der Waals surface area (Å²) in [6.45, 7) is 2.10. The summed E-state index contributed by atoms with van der Waals surface area (Å²) in [5.41, 5.74) is 3.67. The Labute approximate surface area is 115 Å². The third kappa shape index (κ3) is 2.01. The Morgan fingerprint density at radius 1 is 1.44 bits per heavy atom. The quantitative estimate of drug-likeness (QED) is 0.888. The molecule has 0 amide bonds. The van der Waals surface area contributed by atoms with Crippen molar-refractivity contribution in [3.63, 3.8) is 0 Å². The Kier molecular flexibility index (Phi) is 3.02. The Balaban J connectivity index is 2.00. The van der Waals surface area contributed by atoms with Crippen LogP contribution < -0.4 is 0 Å². The minimum absolute atomic E-state index is 0.242. The van der Waals surface area contributed by atoms with Crippen LogP contribution in [0.15, 0.2) is 22.7 Å². The predicted octanol–water partition coefficient (Wildman–Crippen LogP) is 4.15. The first-order valence-electron chi connectivity index (χ1n) is 6.44. The number of rotatable bonds is 2. The van der Waals surface area contributed by atoms with Crippen LogP contribution in [0.25, 0.3) is 10.9 Å². The van der Waals surface area contributed by atoms with Crippen LogP contribution in [0, 0.1) is 12.8 Å². The standard InChI is InChI=1S/C15H16BrNO/c1-9-13(7-10-3-2-4-15(10)18)12-6-5-11(16)8-14(12)17-9/h5-6,8,10,17H,2-4,7H2,1H3. The number of carbonyl (C=O) groups is 1. The Morgan fingerprint density at radius 2 is 2.28 bits per heavy atom. The zero-order valence-electron chi connectivity index (χ0n) is 10.4. The van der Waals surface area contributed by atoms with Gasteiger partial charge in [-0.15, -0.1) is 0 Å². The first-order valence-corrected chi connectivity index (χ1v) is 7.24. The number of aromatic nitrogens is 1. The number of ketones is 1. The minimum Gasteiger partial charge on any atom is -0.358 e. The largest absolute Gasteiger partial charge is 0.358 e. The fraction of sp³-hybridized carbons (Fsp3) is 0.400. The van der Waals surface area contributed by atoms with Crippen molar-refractivity contribution >= 4 is 32.6 Å². The highest BCUT2D eigenvalue weighted by Crippen LogP contribution is 2.31. The molecular formula is C15H16BrNO. The normalized spacial score (nSPS) is 19.9. The molecule has 3 heteroatoms. The molecular weight excluding hydrogens is 290 g/mol. The minimum atomic E-state index is 0.242. The van der Waals surface area contributed by atoms with Crippen LogP contribution in [-0.2, 0) is 11.2 Å². The van der Waals surface area contributed by atoms with Crippen molar-refractivity contribution in [3.8, 4) is 0 Å². The van der Waals surface area contributed by atoms with Gasteiger partial charge in [-0.25, -0.2) is 0 Å². The van der Waals surface area contributed by atoms with Gasteiger partial charge in [0.25, 0.3) is 0 Å². The molecule has 94 valence electrons. The van der Waals surface area contributed by atoms with E-state index in [1.54, 1.807) is 0 Å². The Bertz CT molecular complexity index is 614. The maximum Gasteiger partial charge on any atom is 0.136 e. The summed E-state index contributed by atoms with van der Waals surface area (Å²) in [6.07, 6.45) is 3.79. The van der Waals surface area contributed by atoms with Crippen LogP contribution in [0.5, 0.6) is 0 Å². The number of benzene rings is 1. The maximum absolute atomic E-state index is 11.8. The van der Waals surface area contributed by atoms with Crippen molar-refractivity contribution in [2.45, 2.75) is 32.6 Å². The summed E-state index contributed by atoms with van der Waals surface area (Å²) in [4.78, 5) is 15.2. The van der Waals surface area contributed by atoms with Crippen LogP contribution in [0.4, 0.5) is 0 Å². The van der Waals surface area contributed by atoms with E-state index < -0.39 is 0 Å². The van der Waals surface area contributed by atoms with Crippen molar-refractivity contribution in [1.29, 1.82) is 0 Å². The number of halogens is 1. The molecule has 2 nitrogen and oxygen atoms in total. The number of carbonyl (C=O) groups excluding carboxylic acids is 1. The maximum atomic E-state index is 11.8. The fourth-order valence-corrected chi connectivity index (χ4v) is 3.34. The number of nitrogens with one attached hydrogen (secondary N) is 1. The number of aryl methyl sites for hydroxylation is 1. The first-order chi connectivity index (χ1) is 8.65. The average molecular weight is 306 g/mol. The zero-order chi connectivity index (χ0) is 12.7. The van der Waals surface area contributed by atoms with Crippen LogP contribution in [-0.4, -0.2) is 10.8 Å². The number of hydrogen-bond donors (Lipinski definition) is 1. The second kappa shape index (κ2) is 4.54. The zero-order valence-corrected chi connectivity index (χ0v) is 12.0. The van der Waals surface area contributed by atoms with Crippen LogP contribution in [0.1, 0.15) is 30.5 Å². The van der Waals surface area contributed by atoms with Gasteiger partial charge in [0.05, 0.1) is 0 Å². The summed E-state index contributed by atoms with van der Waals surface area (Å²) in [5, 5.41) is 1.26. The second-order valence-corrected chi connectivity index (χ2v) is 6.09. The van der Waals surface area contributed by atoms with Crippen molar-refractivity contribution < 1.29 is 4.79 Å². The van der Waals surface area contributed by atoms with E-state index in [9.17, 15) is 4.79 Å². The van der Waals surface area contributed by atoms with Crippen molar-refractivity contribution in [2.24, 2.45) is 5.92 Å². The van der Waals surface area contributed by atoms with E-state index in [2.05, 4.69) is 46.0 Å². The molecule has 0 spiro atoms. The molecule has 1 atom stereocenters. The summed E-state index contributed by atoms with van der Waals surface area (Å²) < 4.78 is 1.08. The lowest BCUT2D eigenvalue weighted by Gasteiger charge is -2.08. The van der Waals surface area contributed by atoms with Crippen LogP contribution >= 0.6 is 15.9 Å². The third-order valence-corrected chi connectivity index (χ3v) is 4.46. The van der Waals surface area contributed by atoms with E-state index in [1.807, 2.05) is 0 Å². The number of aromatic amines is 1. The highest BCUT2D eigenvalue weighted by Gasteiger charge is 2.26. The summed E-state index contributed by atoms with van der Waals surface area (Å²) in [5.74, 6) is 0.687. The topological polar surface area (TPSA) is 32.9 Å². The molecule has 1 fully saturated rings. The second-order valence-electron chi connectivity index (χ2n) is 5.18. The Morgan fingerprint density at radius 3 is 3.00 bits per heavy atom. The molecule has 1 saturated carbocycles. The van der Waals surface area contributed by atoms with Gasteiger partial charge in [-0.2, -0.15) is 0 Å². The average Bonchev–Trinajstić information content (AvgIpc) is 2.85. The SMILES string of the molecule is Cc1[nH]c2cc(Br)ccc2c1CC1CCCC1=O. The lowest BCUT2D eigenvalue weighted by atomic mass is 9.95. The van der Waals surface area contributed by atoms with Gasteiger partial charge in [-0.3, -0.25) is 4.79 Å². The molecule has 1 unspecified atom stereocenters. The smallest absolute Gasteiger partial charge is 0.136 e. The molecule has 0 bridgehead atoms. The van der Waals surface area contributed by atoms with Crippen LogP contribution in [0.2, 0.25) is 0 Å². The highest BCUT2D eigenvalue weighted by atomic mass is 79.9. The molecule has 1 aliphatic rings. The van der Waals surface area contributed by atoms with Gasteiger partial charge in [0.1, 0.15) is 5.78 Å². The van der Waals surface area contributed by atoms with Gasteiger partial charge in [0, 0.05) is 33.4 Å². The Hall–Kier alpha value is -1.09. The predicted molar refractivity (Wildman–Crippen MR) is 76.8 cm³/mol. The van der Waals surface area contributed by atoms with E-state index in [4.69, 9.17) is 0 Å². The van der Waals surface area contributed by atoms with Gasteiger partial charge in [0.15, 0.2) is 0 Å². The fourth-order valence-electron chi connectivity index (χ4n) is 2.98. The van der Waals surface area contributed by atoms with Gasteiger partial charge >= 0.3 is 0 Å². The van der Waals surface area contributed by atoms with Gasteiger partial charge in [0.2, 0.25) is 0 Å². The molecule has 0 aliphatic heterocycles. The molecule has 1 aromatic carbocycles. The van der Waals surface area contributed by atoms with Crippen molar-refractivity contribution in [2.75, 3.05) is 0 Å². The third-order valence-electron chi connectivity index (χ3n) is 3.96. The van der Waals surface area contributed by atoms with Crippen molar-refractivity contribution in [3.05, 3.63) is 33.9 Å². The lowest BCUT2D eigenvalue weighted by molar-refractivity contribution is -0.120. The summed E-state index contributed by atoms with van der Waals surface area (Å²) in [6, 6.07) is 6.30. The van der Waals surface area contributed by atoms with Gasteiger partial charge in [-0.05, 0) is 43.9 Å². The molecule has 0 radical (unpaired) electrons. The van der Waals surface area contributed by atoms with E-state index in [0.29, 0.717) is 5.78 Å². The van der Waals surface area contributed by atoms with Gasteiger partial charge in [-0.1, -0.05) is 22.0 Å². The first kappa shape index (κ1) is 12.0. The van der Waals surface area contributed by atoms with E-state index >= 15 is 0 Å². The molecule has 18 heavy (non-hydrogen) atoms. The molecule has 1 N–H and O–H groups in total. The summed E-state index contributed by atoms with van der Waals surface area (Å²) >= 11 is 3.49. The summed E-state index contributed by atoms with van der Waals surface area (Å²) in [7, 11) is 0. The van der Waals surface area contributed by atoms with E-state index in [-0.39, 0.29) is 5.92 Å². The molecule has 1 heterocycles. The molecule has 1 aromatic heterocycles. The molecule has 1 aliphatic carbocycles.